The summed E-state index contributed by atoms with van der Waals surface area (Å²) in [4.78, 5) is 33.8. The normalized spacial score (nSPS) is 11.8. The number of pyridine rings is 2. The van der Waals surface area contributed by atoms with Crippen molar-refractivity contribution < 1.29 is 4.79 Å². The highest BCUT2D eigenvalue weighted by molar-refractivity contribution is 6.33. The molecule has 9 nitrogen and oxygen atoms in total. The number of hydrogen-bond acceptors (Lipinski definition) is 7. The molecule has 0 saturated carbocycles. The van der Waals surface area contributed by atoms with Crippen LogP contribution in [-0.4, -0.2) is 40.6 Å². The number of nitrogens with zero attached hydrogens (tertiary/aromatic N) is 7. The Morgan fingerprint density at radius 2 is 1.80 bits per heavy atom. The van der Waals surface area contributed by atoms with Gasteiger partial charge >= 0.3 is 0 Å². The van der Waals surface area contributed by atoms with Gasteiger partial charge in [0.05, 0.1) is 11.7 Å². The second-order valence-corrected chi connectivity index (χ2v) is 6.96. The van der Waals surface area contributed by atoms with Crippen molar-refractivity contribution in [1.82, 2.24) is 40.0 Å². The molecule has 1 N–H and O–H groups in total. The van der Waals surface area contributed by atoms with E-state index in [2.05, 4.69) is 35.3 Å². The lowest BCUT2D eigenvalue weighted by atomic mass is 10.1. The number of amides is 1. The van der Waals surface area contributed by atoms with Crippen molar-refractivity contribution in [3.63, 3.8) is 0 Å². The van der Waals surface area contributed by atoms with E-state index in [4.69, 9.17) is 23.2 Å². The number of nitrogens with one attached hydrogen (secondary N) is 1. The van der Waals surface area contributed by atoms with E-state index in [1.807, 2.05) is 18.2 Å². The summed E-state index contributed by atoms with van der Waals surface area (Å²) in [6, 6.07) is 7.85. The maximum atomic E-state index is 12.6. The maximum absolute atomic E-state index is 12.6. The van der Waals surface area contributed by atoms with Crippen LogP contribution in [0.25, 0.3) is 17.3 Å². The first kappa shape index (κ1) is 19.9. The molecule has 4 aromatic heterocycles. The van der Waals surface area contributed by atoms with Gasteiger partial charge in [0, 0.05) is 24.2 Å². The first-order valence-corrected chi connectivity index (χ1v) is 9.55. The number of rotatable bonds is 5. The molecule has 0 fully saturated rings. The Kier molecular flexibility index (Phi) is 5.64. The molecule has 1 amide bonds. The molecule has 1 unspecified atom stereocenters. The van der Waals surface area contributed by atoms with Crippen molar-refractivity contribution >= 4 is 29.1 Å². The summed E-state index contributed by atoms with van der Waals surface area (Å²) in [5.41, 5.74) is 1.25. The predicted molar refractivity (Wildman–Crippen MR) is 110 cm³/mol. The molecule has 0 bridgehead atoms. The molecular weight excluding hydrogens is 427 g/mol. The summed E-state index contributed by atoms with van der Waals surface area (Å²) in [6.45, 7) is 1.78. The predicted octanol–water partition coefficient (Wildman–Crippen LogP) is 3.31. The zero-order chi connectivity index (χ0) is 21.1. The van der Waals surface area contributed by atoms with Gasteiger partial charge in [-0.1, -0.05) is 29.3 Å². The molecule has 0 saturated heterocycles. The lowest BCUT2D eigenvalue weighted by Gasteiger charge is -2.15. The fourth-order valence-corrected chi connectivity index (χ4v) is 3.21. The van der Waals surface area contributed by atoms with Gasteiger partial charge in [-0.25, -0.2) is 24.6 Å². The monoisotopic (exact) mass is 440 g/mol. The molecule has 4 rings (SSSR count). The van der Waals surface area contributed by atoms with Crippen molar-refractivity contribution in [2.75, 3.05) is 0 Å². The number of hydrogen-bond donors (Lipinski definition) is 1. The van der Waals surface area contributed by atoms with Crippen LogP contribution < -0.4 is 5.32 Å². The van der Waals surface area contributed by atoms with Gasteiger partial charge in [0.2, 0.25) is 5.82 Å². The van der Waals surface area contributed by atoms with Gasteiger partial charge < -0.3 is 5.32 Å². The van der Waals surface area contributed by atoms with Crippen LogP contribution in [0.4, 0.5) is 0 Å². The Bertz CT molecular complexity index is 1180. The van der Waals surface area contributed by atoms with Crippen LogP contribution in [0.2, 0.25) is 10.3 Å². The molecule has 1 atom stereocenters. The van der Waals surface area contributed by atoms with Crippen molar-refractivity contribution in [1.29, 1.82) is 0 Å². The molecule has 4 aromatic rings. The minimum Gasteiger partial charge on any atom is -0.344 e. The largest absolute Gasteiger partial charge is 0.344 e. The summed E-state index contributed by atoms with van der Waals surface area (Å²) in [6.07, 6.45) is 6.29. The smallest absolute Gasteiger partial charge is 0.252 e. The van der Waals surface area contributed by atoms with Gasteiger partial charge in [0.1, 0.15) is 22.3 Å². The summed E-state index contributed by atoms with van der Waals surface area (Å²) >= 11 is 11.8. The molecule has 0 spiro atoms. The maximum Gasteiger partial charge on any atom is 0.252 e. The number of aromatic nitrogens is 7. The third-order valence-electron chi connectivity index (χ3n) is 4.10. The summed E-state index contributed by atoms with van der Waals surface area (Å²) in [5.74, 6) is 0.603. The Hall–Kier alpha value is -3.43. The first-order valence-electron chi connectivity index (χ1n) is 8.79. The second-order valence-electron chi connectivity index (χ2n) is 6.19. The van der Waals surface area contributed by atoms with E-state index in [1.54, 1.807) is 19.4 Å². The highest BCUT2D eigenvalue weighted by Crippen LogP contribution is 2.22. The zero-order valence-corrected chi connectivity index (χ0v) is 17.1. The summed E-state index contributed by atoms with van der Waals surface area (Å²) < 4.78 is 1.54. The molecule has 30 heavy (non-hydrogen) atoms. The van der Waals surface area contributed by atoms with Crippen molar-refractivity contribution in [2.45, 2.75) is 13.0 Å². The minimum atomic E-state index is -0.492. The Balaban J connectivity index is 1.60. The average Bonchev–Trinajstić information content (AvgIpc) is 3.24. The van der Waals surface area contributed by atoms with Gasteiger partial charge in [-0.2, -0.15) is 0 Å². The van der Waals surface area contributed by atoms with E-state index in [9.17, 15) is 4.79 Å². The van der Waals surface area contributed by atoms with E-state index in [-0.39, 0.29) is 21.8 Å². The quantitative estimate of drug-likeness (QED) is 0.473. The number of carbonyl (C=O) groups is 1. The highest BCUT2D eigenvalue weighted by Gasteiger charge is 2.21. The SMILES string of the molecule is CC(NC(=O)c1cc(Cl)nc(Cl)c1)c1nccnc1-c1ncn(-c2ccccn2)n1. The van der Waals surface area contributed by atoms with Gasteiger partial charge in [0.25, 0.3) is 5.91 Å². The second kappa shape index (κ2) is 8.52. The third kappa shape index (κ3) is 4.27. The zero-order valence-electron chi connectivity index (χ0n) is 15.6. The van der Waals surface area contributed by atoms with E-state index in [0.717, 1.165) is 0 Å². The average molecular weight is 441 g/mol. The van der Waals surface area contributed by atoms with Crippen LogP contribution >= 0.6 is 23.2 Å². The van der Waals surface area contributed by atoms with Crippen LogP contribution in [0.15, 0.2) is 55.2 Å². The Labute approximate surface area is 181 Å². The summed E-state index contributed by atoms with van der Waals surface area (Å²) in [5, 5.41) is 7.55. The van der Waals surface area contributed by atoms with Gasteiger partial charge in [-0.3, -0.25) is 9.78 Å². The van der Waals surface area contributed by atoms with Crippen LogP contribution in [0.1, 0.15) is 29.0 Å². The van der Waals surface area contributed by atoms with E-state index in [1.165, 1.54) is 29.2 Å². The van der Waals surface area contributed by atoms with Gasteiger partial charge in [-0.05, 0) is 31.2 Å². The molecule has 0 aliphatic heterocycles. The van der Waals surface area contributed by atoms with E-state index < -0.39 is 6.04 Å². The minimum absolute atomic E-state index is 0.129. The lowest BCUT2D eigenvalue weighted by molar-refractivity contribution is 0.0939. The lowest BCUT2D eigenvalue weighted by Crippen LogP contribution is -2.28. The molecule has 0 aliphatic carbocycles. The highest BCUT2D eigenvalue weighted by atomic mass is 35.5. The molecule has 0 radical (unpaired) electrons. The van der Waals surface area contributed by atoms with Crippen LogP contribution in [0.3, 0.4) is 0 Å². The number of halogens is 2. The van der Waals surface area contributed by atoms with Crippen molar-refractivity contribution in [3.05, 3.63) is 76.8 Å². The first-order chi connectivity index (χ1) is 14.5. The molecule has 0 aliphatic rings. The Morgan fingerprint density at radius 1 is 1.03 bits per heavy atom. The number of carbonyl (C=O) groups excluding carboxylic acids is 1. The molecule has 150 valence electrons. The molecular formula is C19H14Cl2N8O. The summed E-state index contributed by atoms with van der Waals surface area (Å²) in [7, 11) is 0. The fourth-order valence-electron chi connectivity index (χ4n) is 2.75. The van der Waals surface area contributed by atoms with Crippen molar-refractivity contribution in [2.24, 2.45) is 0 Å². The van der Waals surface area contributed by atoms with E-state index in [0.29, 0.717) is 23.0 Å². The van der Waals surface area contributed by atoms with Gasteiger partial charge in [-0.15, -0.1) is 5.10 Å². The molecule has 0 aromatic carbocycles. The fraction of sp³-hybridized carbons (Fsp3) is 0.105. The Morgan fingerprint density at radius 3 is 2.53 bits per heavy atom. The van der Waals surface area contributed by atoms with Crippen LogP contribution in [-0.2, 0) is 0 Å². The topological polar surface area (TPSA) is 111 Å². The molecule has 11 heteroatoms. The van der Waals surface area contributed by atoms with Gasteiger partial charge in [0.15, 0.2) is 5.82 Å². The van der Waals surface area contributed by atoms with E-state index >= 15 is 0 Å². The standard InChI is InChI=1S/C19H14Cl2N8O/c1-11(26-19(30)12-8-13(20)27-14(21)9-12)16-17(24-7-6-23-16)18-25-10-29(28-18)15-4-2-3-5-22-15/h2-11H,1H3,(H,26,30). The molecule has 4 heterocycles. The third-order valence-corrected chi connectivity index (χ3v) is 4.48. The van der Waals surface area contributed by atoms with Crippen molar-refractivity contribution in [3.8, 4) is 17.3 Å². The van der Waals surface area contributed by atoms with Crippen LogP contribution in [0, 0.1) is 0 Å². The van der Waals surface area contributed by atoms with Crippen LogP contribution in [0.5, 0.6) is 0 Å².